The fraction of sp³-hybridized carbons (Fsp3) is 0.450. The van der Waals surface area contributed by atoms with Crippen molar-refractivity contribution in [2.75, 3.05) is 19.1 Å². The van der Waals surface area contributed by atoms with Crippen LogP contribution in [0.25, 0.3) is 0 Å². The number of nitrogens with one attached hydrogen (secondary N) is 1. The third-order valence-corrected chi connectivity index (χ3v) is 5.67. The van der Waals surface area contributed by atoms with Crippen LogP contribution in [0, 0.1) is 5.92 Å². The van der Waals surface area contributed by atoms with Gasteiger partial charge in [-0.25, -0.2) is 0 Å². The third-order valence-electron chi connectivity index (χ3n) is 5.14. The monoisotopic (exact) mass is 438 g/mol. The first-order valence-electron chi connectivity index (χ1n) is 9.50. The molecule has 0 radical (unpaired) electrons. The number of aromatic nitrogens is 2. The number of hydrogen-bond acceptors (Lipinski definition) is 6. The summed E-state index contributed by atoms with van der Waals surface area (Å²) in [6.07, 6.45) is 4.26. The van der Waals surface area contributed by atoms with E-state index in [1.54, 1.807) is 36.2 Å². The average Bonchev–Trinajstić information content (AvgIpc) is 2.73. The molecule has 1 saturated carbocycles. The molecule has 1 heterocycles. The van der Waals surface area contributed by atoms with Gasteiger partial charge in [0.15, 0.2) is 0 Å². The molecule has 3 rings (SSSR count). The van der Waals surface area contributed by atoms with Gasteiger partial charge in [0, 0.05) is 24.7 Å². The van der Waals surface area contributed by atoms with E-state index < -0.39 is 12.1 Å². The van der Waals surface area contributed by atoms with Gasteiger partial charge in [0.1, 0.15) is 17.2 Å². The summed E-state index contributed by atoms with van der Waals surface area (Å²) in [6, 6.07) is 6.77. The summed E-state index contributed by atoms with van der Waals surface area (Å²) in [4.78, 5) is 22.7. The number of hydrogen-bond donors (Lipinski definition) is 2. The minimum atomic E-state index is -0.884. The van der Waals surface area contributed by atoms with E-state index in [4.69, 9.17) is 27.9 Å². The summed E-state index contributed by atoms with van der Waals surface area (Å²) in [7, 11) is 3.23. The van der Waals surface area contributed by atoms with Gasteiger partial charge in [-0.2, -0.15) is 9.97 Å². The van der Waals surface area contributed by atoms with Crippen LogP contribution in [0.1, 0.15) is 42.5 Å². The highest BCUT2D eigenvalue weighted by atomic mass is 35.5. The smallest absolute Gasteiger partial charge is 0.319 e. The van der Waals surface area contributed by atoms with Crippen LogP contribution in [0.15, 0.2) is 24.3 Å². The fourth-order valence-corrected chi connectivity index (χ4v) is 3.83. The molecule has 156 valence electrons. The number of benzene rings is 1. The second-order valence-corrected chi connectivity index (χ2v) is 7.87. The number of aliphatic hydroxyl groups excluding tert-OH is 1. The maximum absolute atomic E-state index is 12.7. The van der Waals surface area contributed by atoms with Crippen molar-refractivity contribution in [3.05, 3.63) is 40.0 Å². The number of amides is 1. The maximum Gasteiger partial charge on any atom is 0.319 e. The molecular weight excluding hydrogens is 415 g/mol. The Labute approximate surface area is 180 Å². The molecule has 2 N–H and O–H groups in total. The highest BCUT2D eigenvalue weighted by molar-refractivity contribution is 6.34. The number of carbonyl (C=O) groups excluding carboxylic acids is 1. The Morgan fingerprint density at radius 2 is 1.97 bits per heavy atom. The van der Waals surface area contributed by atoms with Crippen molar-refractivity contribution in [1.29, 1.82) is 0 Å². The Balaban J connectivity index is 1.80. The molecule has 7 nitrogen and oxygen atoms in total. The third kappa shape index (κ3) is 5.29. The molecule has 9 heteroatoms. The maximum atomic E-state index is 12.7. The van der Waals surface area contributed by atoms with Crippen molar-refractivity contribution in [3.8, 4) is 6.01 Å². The quantitative estimate of drug-likeness (QED) is 0.519. The molecule has 1 aromatic heterocycles. The van der Waals surface area contributed by atoms with Crippen molar-refractivity contribution in [3.63, 3.8) is 0 Å². The van der Waals surface area contributed by atoms with E-state index in [9.17, 15) is 9.90 Å². The predicted octanol–water partition coefficient (Wildman–Crippen LogP) is 4.19. The topological polar surface area (TPSA) is 87.6 Å². The molecule has 1 aromatic carbocycles. The summed E-state index contributed by atoms with van der Waals surface area (Å²) in [6.45, 7) is 0. The molecule has 0 bridgehead atoms. The summed E-state index contributed by atoms with van der Waals surface area (Å²) in [5, 5.41) is 13.6. The van der Waals surface area contributed by atoms with Crippen molar-refractivity contribution < 1.29 is 14.6 Å². The largest absolute Gasteiger partial charge is 0.467 e. The van der Waals surface area contributed by atoms with Crippen molar-refractivity contribution in [1.82, 2.24) is 15.3 Å². The molecule has 0 saturated heterocycles. The SMILES string of the molecule is COc1nc(Cl)cc(N(C)c2ccc(Cl)c(C(=O)NC(O)C3CCCCC3)c2)n1. The Bertz CT molecular complexity index is 875. The Morgan fingerprint density at radius 1 is 1.24 bits per heavy atom. The van der Waals surface area contributed by atoms with E-state index in [2.05, 4.69) is 15.3 Å². The van der Waals surface area contributed by atoms with Crippen molar-refractivity contribution in [2.45, 2.75) is 38.3 Å². The molecule has 1 aliphatic rings. The minimum absolute atomic E-state index is 0.0768. The molecule has 1 unspecified atom stereocenters. The van der Waals surface area contributed by atoms with Crippen molar-refractivity contribution in [2.24, 2.45) is 5.92 Å². The summed E-state index contributed by atoms with van der Waals surface area (Å²) < 4.78 is 5.06. The second kappa shape index (κ2) is 9.61. The number of carbonyl (C=O) groups is 1. The Morgan fingerprint density at radius 3 is 2.66 bits per heavy atom. The van der Waals surface area contributed by atoms with E-state index in [1.807, 2.05) is 0 Å². The molecule has 2 aromatic rings. The van der Waals surface area contributed by atoms with Gasteiger partial charge in [-0.3, -0.25) is 4.79 Å². The standard InChI is InChI=1S/C20H24Cl2N4O3/c1-26(17-11-16(22)23-20(24-17)29-2)13-8-9-15(21)14(10-13)19(28)25-18(27)12-6-4-3-5-7-12/h8-12,18,27H,3-7H2,1-2H3,(H,25,28). The molecule has 1 amide bonds. The lowest BCUT2D eigenvalue weighted by molar-refractivity contribution is 0.0463. The molecule has 29 heavy (non-hydrogen) atoms. The van der Waals surface area contributed by atoms with Crippen molar-refractivity contribution >= 4 is 40.6 Å². The molecule has 1 fully saturated rings. The highest BCUT2D eigenvalue weighted by Gasteiger charge is 2.24. The van der Waals surface area contributed by atoms with Gasteiger partial charge in [0.25, 0.3) is 5.91 Å². The number of halogens is 2. The first-order valence-corrected chi connectivity index (χ1v) is 10.3. The molecular formula is C20H24Cl2N4O3. The van der Waals surface area contributed by atoms with E-state index in [1.165, 1.54) is 13.5 Å². The van der Waals surface area contributed by atoms with Crippen LogP contribution in [0.5, 0.6) is 6.01 Å². The predicted molar refractivity (Wildman–Crippen MR) is 113 cm³/mol. The van der Waals surface area contributed by atoms with Crippen LogP contribution in [0.2, 0.25) is 10.2 Å². The first-order chi connectivity index (χ1) is 13.9. The zero-order valence-electron chi connectivity index (χ0n) is 16.4. The Hall–Kier alpha value is -2.09. The summed E-state index contributed by atoms with van der Waals surface area (Å²) in [5.74, 6) is 0.160. The second-order valence-electron chi connectivity index (χ2n) is 7.08. The normalized spacial score (nSPS) is 15.6. The van der Waals surface area contributed by atoms with Gasteiger partial charge < -0.3 is 20.1 Å². The van der Waals surface area contributed by atoms with Crippen LogP contribution < -0.4 is 15.0 Å². The minimum Gasteiger partial charge on any atom is -0.467 e. The molecule has 0 spiro atoms. The average molecular weight is 439 g/mol. The lowest BCUT2D eigenvalue weighted by atomic mass is 9.88. The number of ether oxygens (including phenoxy) is 1. The number of nitrogens with zero attached hydrogens (tertiary/aromatic N) is 3. The van der Waals surface area contributed by atoms with Gasteiger partial charge in [0.2, 0.25) is 0 Å². The van der Waals surface area contributed by atoms with Gasteiger partial charge in [-0.15, -0.1) is 0 Å². The lowest BCUT2D eigenvalue weighted by Gasteiger charge is -2.27. The van der Waals surface area contributed by atoms with E-state index in [0.29, 0.717) is 16.5 Å². The van der Waals surface area contributed by atoms with Gasteiger partial charge in [0.05, 0.1) is 17.7 Å². The summed E-state index contributed by atoms with van der Waals surface area (Å²) >= 11 is 12.3. The number of methoxy groups -OCH3 is 1. The van der Waals surface area contributed by atoms with E-state index in [-0.39, 0.29) is 22.6 Å². The van der Waals surface area contributed by atoms with E-state index >= 15 is 0 Å². The zero-order valence-corrected chi connectivity index (χ0v) is 17.9. The lowest BCUT2D eigenvalue weighted by Crippen LogP contribution is -2.41. The van der Waals surface area contributed by atoms with Crippen LogP contribution in [-0.4, -0.2) is 41.4 Å². The van der Waals surface area contributed by atoms with E-state index in [0.717, 1.165) is 25.7 Å². The van der Waals surface area contributed by atoms with Gasteiger partial charge in [-0.1, -0.05) is 42.5 Å². The van der Waals surface area contributed by atoms with Crippen LogP contribution in [0.3, 0.4) is 0 Å². The number of rotatable bonds is 6. The molecule has 0 aliphatic heterocycles. The zero-order chi connectivity index (χ0) is 21.0. The van der Waals surface area contributed by atoms with Crippen LogP contribution in [0.4, 0.5) is 11.5 Å². The number of anilines is 2. The van der Waals surface area contributed by atoms with Crippen LogP contribution >= 0.6 is 23.2 Å². The fourth-order valence-electron chi connectivity index (χ4n) is 3.46. The van der Waals surface area contributed by atoms with Crippen LogP contribution in [-0.2, 0) is 0 Å². The first kappa shape index (κ1) is 21.6. The van der Waals surface area contributed by atoms with Gasteiger partial charge >= 0.3 is 6.01 Å². The Kier molecular flexibility index (Phi) is 7.16. The highest BCUT2D eigenvalue weighted by Crippen LogP contribution is 2.30. The van der Waals surface area contributed by atoms with Gasteiger partial charge in [-0.05, 0) is 31.0 Å². The number of aliphatic hydroxyl groups is 1. The molecule has 1 aliphatic carbocycles. The summed E-state index contributed by atoms with van der Waals surface area (Å²) in [5.41, 5.74) is 0.946. The molecule has 1 atom stereocenters.